The first kappa shape index (κ1) is 14.2. The summed E-state index contributed by atoms with van der Waals surface area (Å²) in [4.78, 5) is 11.8. The van der Waals surface area contributed by atoms with Crippen LogP contribution in [0.1, 0.15) is 32.4 Å². The second kappa shape index (κ2) is 6.17. The quantitative estimate of drug-likeness (QED) is 0.898. The van der Waals surface area contributed by atoms with Crippen LogP contribution < -0.4 is 11.1 Å². The van der Waals surface area contributed by atoms with E-state index in [4.69, 9.17) is 5.73 Å². The Balaban J connectivity index is 2.63. The molecule has 0 aliphatic heterocycles. The number of rotatable bonds is 4. The van der Waals surface area contributed by atoms with Crippen LogP contribution in [0.5, 0.6) is 0 Å². The number of halogens is 1. The molecule has 0 aliphatic carbocycles. The first-order valence-electron chi connectivity index (χ1n) is 5.73. The predicted molar refractivity (Wildman–Crippen MR) is 73.5 cm³/mol. The predicted octanol–water partition coefficient (Wildman–Crippen LogP) is 2.61. The average molecular weight is 299 g/mol. The van der Waals surface area contributed by atoms with E-state index < -0.39 is 6.04 Å². The van der Waals surface area contributed by atoms with Crippen LogP contribution >= 0.6 is 15.9 Å². The molecule has 0 saturated heterocycles. The maximum atomic E-state index is 11.8. The van der Waals surface area contributed by atoms with Crippen LogP contribution in [0, 0.1) is 5.92 Å². The minimum absolute atomic E-state index is 0.0274. The van der Waals surface area contributed by atoms with Crippen molar-refractivity contribution < 1.29 is 4.79 Å². The fourth-order valence-corrected chi connectivity index (χ4v) is 1.71. The molecule has 17 heavy (non-hydrogen) atoms. The maximum absolute atomic E-state index is 11.8. The Kier molecular flexibility index (Phi) is 5.15. The Hall–Kier alpha value is -0.870. The van der Waals surface area contributed by atoms with Gasteiger partial charge in [0.15, 0.2) is 0 Å². The van der Waals surface area contributed by atoms with Crippen LogP contribution in [-0.4, -0.2) is 11.9 Å². The Morgan fingerprint density at radius 3 is 2.24 bits per heavy atom. The third-order valence-electron chi connectivity index (χ3n) is 2.75. The summed E-state index contributed by atoms with van der Waals surface area (Å²) < 4.78 is 1.03. The lowest BCUT2D eigenvalue weighted by molar-refractivity contribution is -0.123. The molecule has 4 heteroatoms. The van der Waals surface area contributed by atoms with Crippen molar-refractivity contribution in [1.82, 2.24) is 5.32 Å². The minimum Gasteiger partial charge on any atom is -0.348 e. The molecule has 0 spiro atoms. The van der Waals surface area contributed by atoms with Crippen LogP contribution in [0.25, 0.3) is 0 Å². The fourth-order valence-electron chi connectivity index (χ4n) is 1.45. The molecule has 0 bridgehead atoms. The van der Waals surface area contributed by atoms with E-state index in [1.807, 2.05) is 45.0 Å². The van der Waals surface area contributed by atoms with Gasteiger partial charge in [-0.2, -0.15) is 0 Å². The molecule has 0 fully saturated rings. The number of nitrogens with one attached hydrogen (secondary N) is 1. The molecule has 0 radical (unpaired) electrons. The molecule has 0 heterocycles. The van der Waals surface area contributed by atoms with Gasteiger partial charge in [-0.25, -0.2) is 0 Å². The molecule has 1 rings (SSSR count). The molecule has 0 saturated carbocycles. The van der Waals surface area contributed by atoms with Crippen LogP contribution in [0.3, 0.4) is 0 Å². The summed E-state index contributed by atoms with van der Waals surface area (Å²) in [5, 5.41) is 2.92. The van der Waals surface area contributed by atoms with Crippen molar-refractivity contribution in [2.24, 2.45) is 11.7 Å². The van der Waals surface area contributed by atoms with E-state index in [1.54, 1.807) is 0 Å². The van der Waals surface area contributed by atoms with Crippen molar-refractivity contribution in [3.8, 4) is 0 Å². The van der Waals surface area contributed by atoms with Crippen LogP contribution in [0.15, 0.2) is 28.7 Å². The summed E-state index contributed by atoms with van der Waals surface area (Å²) in [7, 11) is 0. The Morgan fingerprint density at radius 1 is 1.24 bits per heavy atom. The van der Waals surface area contributed by atoms with Gasteiger partial charge in [0.2, 0.25) is 5.91 Å². The van der Waals surface area contributed by atoms with E-state index in [0.717, 1.165) is 10.0 Å². The molecule has 1 aromatic rings. The second-order valence-corrected chi connectivity index (χ2v) is 5.47. The van der Waals surface area contributed by atoms with Crippen LogP contribution in [0.4, 0.5) is 0 Å². The lowest BCUT2D eigenvalue weighted by atomic mass is 10.0. The molecule has 3 nitrogen and oxygen atoms in total. The van der Waals surface area contributed by atoms with E-state index in [1.165, 1.54) is 0 Å². The lowest BCUT2D eigenvalue weighted by Gasteiger charge is -2.20. The first-order chi connectivity index (χ1) is 7.91. The first-order valence-corrected chi connectivity index (χ1v) is 6.52. The summed E-state index contributed by atoms with van der Waals surface area (Å²) >= 11 is 3.38. The van der Waals surface area contributed by atoms with Crippen molar-refractivity contribution in [3.05, 3.63) is 34.3 Å². The summed E-state index contributed by atoms with van der Waals surface area (Å²) in [6, 6.07) is 7.40. The normalized spacial score (nSPS) is 14.5. The summed E-state index contributed by atoms with van der Waals surface area (Å²) in [6.45, 7) is 5.83. The van der Waals surface area contributed by atoms with Gasteiger partial charge < -0.3 is 11.1 Å². The van der Waals surface area contributed by atoms with Gasteiger partial charge in [0, 0.05) is 4.47 Å². The third-order valence-corrected chi connectivity index (χ3v) is 3.28. The number of carbonyl (C=O) groups is 1. The fraction of sp³-hybridized carbons (Fsp3) is 0.462. The van der Waals surface area contributed by atoms with Crippen molar-refractivity contribution in [1.29, 1.82) is 0 Å². The lowest BCUT2D eigenvalue weighted by Crippen LogP contribution is -2.44. The highest BCUT2D eigenvalue weighted by Gasteiger charge is 2.19. The maximum Gasteiger partial charge on any atom is 0.237 e. The molecule has 0 aromatic heterocycles. The number of amides is 1. The largest absolute Gasteiger partial charge is 0.348 e. The highest BCUT2D eigenvalue weighted by molar-refractivity contribution is 9.10. The van der Waals surface area contributed by atoms with Crippen LogP contribution in [0.2, 0.25) is 0 Å². The number of carbonyl (C=O) groups excluding carboxylic acids is 1. The minimum atomic E-state index is -0.451. The van der Waals surface area contributed by atoms with Gasteiger partial charge in [0.1, 0.15) is 0 Å². The highest BCUT2D eigenvalue weighted by atomic mass is 79.9. The van der Waals surface area contributed by atoms with Crippen LogP contribution in [-0.2, 0) is 4.79 Å². The van der Waals surface area contributed by atoms with E-state index >= 15 is 0 Å². The molecular weight excluding hydrogens is 280 g/mol. The van der Waals surface area contributed by atoms with Crippen molar-refractivity contribution in [3.63, 3.8) is 0 Å². The van der Waals surface area contributed by atoms with Gasteiger partial charge in [0.05, 0.1) is 12.1 Å². The standard InChI is InChI=1S/C13H19BrN2O/c1-8(2)12(15)13(17)16-9(3)10-4-6-11(14)7-5-10/h4-9,12H,15H2,1-3H3,(H,16,17)/t9-,12-/m0/s1. The van der Waals surface area contributed by atoms with Crippen molar-refractivity contribution >= 4 is 21.8 Å². The van der Waals surface area contributed by atoms with E-state index in [0.29, 0.717) is 0 Å². The summed E-state index contributed by atoms with van der Waals surface area (Å²) in [6.07, 6.45) is 0. The molecular formula is C13H19BrN2O. The van der Waals surface area contributed by atoms with Crippen molar-refractivity contribution in [2.75, 3.05) is 0 Å². The second-order valence-electron chi connectivity index (χ2n) is 4.55. The van der Waals surface area contributed by atoms with E-state index in [2.05, 4.69) is 21.2 Å². The van der Waals surface area contributed by atoms with Gasteiger partial charge >= 0.3 is 0 Å². The molecule has 2 atom stereocenters. The monoisotopic (exact) mass is 298 g/mol. The summed E-state index contributed by atoms with van der Waals surface area (Å²) in [5.74, 6) is 0.0440. The van der Waals surface area contributed by atoms with E-state index in [-0.39, 0.29) is 17.9 Å². The Bertz CT molecular complexity index is 376. The SMILES string of the molecule is CC(C)[C@H](N)C(=O)N[C@@H](C)c1ccc(Br)cc1. The number of benzene rings is 1. The molecule has 1 aromatic carbocycles. The zero-order valence-electron chi connectivity index (χ0n) is 10.4. The van der Waals surface area contributed by atoms with Gasteiger partial charge in [-0.15, -0.1) is 0 Å². The highest BCUT2D eigenvalue weighted by Crippen LogP contribution is 2.16. The van der Waals surface area contributed by atoms with E-state index in [9.17, 15) is 4.79 Å². The Labute approximate surface area is 111 Å². The topological polar surface area (TPSA) is 55.1 Å². The average Bonchev–Trinajstić information content (AvgIpc) is 2.28. The van der Waals surface area contributed by atoms with Gasteiger partial charge in [-0.3, -0.25) is 4.79 Å². The van der Waals surface area contributed by atoms with Crippen molar-refractivity contribution in [2.45, 2.75) is 32.9 Å². The number of nitrogens with two attached hydrogens (primary N) is 1. The molecule has 3 N–H and O–H groups in total. The molecule has 1 amide bonds. The zero-order valence-corrected chi connectivity index (χ0v) is 12.0. The molecule has 94 valence electrons. The smallest absolute Gasteiger partial charge is 0.237 e. The van der Waals surface area contributed by atoms with Gasteiger partial charge in [-0.1, -0.05) is 41.9 Å². The third kappa shape index (κ3) is 4.13. The van der Waals surface area contributed by atoms with Gasteiger partial charge in [-0.05, 0) is 30.5 Å². The zero-order chi connectivity index (χ0) is 13.0. The Morgan fingerprint density at radius 2 is 1.76 bits per heavy atom. The number of hydrogen-bond donors (Lipinski definition) is 2. The van der Waals surface area contributed by atoms with Gasteiger partial charge in [0.25, 0.3) is 0 Å². The molecule has 0 aliphatic rings. The molecule has 0 unspecified atom stereocenters. The number of hydrogen-bond acceptors (Lipinski definition) is 2. The summed E-state index contributed by atoms with van der Waals surface area (Å²) in [5.41, 5.74) is 6.86.